The highest BCUT2D eigenvalue weighted by molar-refractivity contribution is 7.25. The van der Waals surface area contributed by atoms with Gasteiger partial charge in [0.1, 0.15) is 0 Å². The summed E-state index contributed by atoms with van der Waals surface area (Å²) in [5, 5.41) is 2.59. The molecule has 0 amide bonds. The van der Waals surface area contributed by atoms with Crippen LogP contribution in [0, 0.1) is 0 Å². The maximum Gasteiger partial charge on any atom is 0.238 e. The molecular weight excluding hydrogens is 713 g/mol. The zero-order chi connectivity index (χ0) is 37.5. The fourth-order valence-electron chi connectivity index (χ4n) is 9.31. The van der Waals surface area contributed by atoms with Gasteiger partial charge in [-0.2, -0.15) is 9.97 Å². The van der Waals surface area contributed by atoms with E-state index in [1.54, 1.807) is 0 Å². The Bertz CT molecular complexity index is 3100. The van der Waals surface area contributed by atoms with Crippen LogP contribution in [0.3, 0.4) is 0 Å². The molecule has 0 saturated heterocycles. The fourth-order valence-corrected chi connectivity index (χ4v) is 10.5. The molecule has 3 heterocycles. The van der Waals surface area contributed by atoms with E-state index < -0.39 is 5.41 Å². The molecule has 57 heavy (non-hydrogen) atoms. The molecule has 266 valence electrons. The first-order valence-electron chi connectivity index (χ1n) is 19.3. The van der Waals surface area contributed by atoms with E-state index in [2.05, 4.69) is 163 Å². The lowest BCUT2D eigenvalue weighted by Gasteiger charge is -2.44. The topological polar surface area (TPSA) is 41.9 Å². The molecule has 4 nitrogen and oxygen atoms in total. The Morgan fingerprint density at radius 2 is 0.895 bits per heavy atom. The van der Waals surface area contributed by atoms with Crippen LogP contribution in [0.15, 0.2) is 194 Å². The summed E-state index contributed by atoms with van der Waals surface area (Å²) in [6, 6.07) is 69.7. The lowest BCUT2D eigenvalue weighted by molar-refractivity contribution is 0.749. The number of fused-ring (bicyclic) bond motifs is 12. The summed E-state index contributed by atoms with van der Waals surface area (Å²) in [7, 11) is 0. The lowest BCUT2D eigenvalue weighted by atomic mass is 9.64. The molecule has 0 radical (unpaired) electrons. The van der Waals surface area contributed by atoms with Gasteiger partial charge in [-0.15, -0.1) is 11.3 Å². The number of para-hydroxylation sites is 1. The maximum atomic E-state index is 5.33. The molecule has 8 aromatic carbocycles. The molecule has 5 heteroatoms. The number of benzene rings is 8. The van der Waals surface area contributed by atoms with Crippen molar-refractivity contribution in [3.63, 3.8) is 0 Å². The van der Waals surface area contributed by atoms with Crippen LogP contribution in [0.25, 0.3) is 65.2 Å². The number of rotatable bonds is 4. The van der Waals surface area contributed by atoms with Crippen LogP contribution >= 0.6 is 11.3 Å². The van der Waals surface area contributed by atoms with E-state index in [0.717, 1.165) is 28.1 Å². The molecule has 2 aliphatic rings. The second-order valence-corrected chi connectivity index (χ2v) is 15.8. The van der Waals surface area contributed by atoms with Crippen molar-refractivity contribution in [2.75, 3.05) is 4.90 Å². The van der Waals surface area contributed by atoms with E-state index in [1.165, 1.54) is 59.1 Å². The molecule has 0 unspecified atom stereocenters. The Morgan fingerprint density at radius 3 is 1.60 bits per heavy atom. The molecule has 1 spiro atoms. The second-order valence-electron chi connectivity index (χ2n) is 14.7. The van der Waals surface area contributed by atoms with Gasteiger partial charge in [-0.3, -0.25) is 4.90 Å². The Hall–Kier alpha value is -7.21. The van der Waals surface area contributed by atoms with Gasteiger partial charge in [0.05, 0.1) is 16.8 Å². The second kappa shape index (κ2) is 12.4. The van der Waals surface area contributed by atoms with Gasteiger partial charge in [-0.05, 0) is 68.8 Å². The summed E-state index contributed by atoms with van der Waals surface area (Å²) >= 11 is 1.85. The standard InChI is InChI=1S/C52H32N4S/c1-3-15-33(16-4-1)49-53-50(34-17-5-2-6-18-34)55-51(54-49)56-45-25-13-12-24-43(45)52(41-22-10-7-19-37(41)38-20-8-11-23-42(38)52)44-30-28-35(31-46(44)56)36-27-29-40-39-21-9-14-26-47(39)57-48(40)32-36/h1-32H. The molecule has 2 aromatic heterocycles. The third-order valence-electron chi connectivity index (χ3n) is 11.7. The largest absolute Gasteiger partial charge is 0.278 e. The van der Waals surface area contributed by atoms with Crippen molar-refractivity contribution in [2.45, 2.75) is 5.41 Å². The zero-order valence-corrected chi connectivity index (χ0v) is 31.5. The number of aromatic nitrogens is 3. The molecule has 0 N–H and O–H groups in total. The van der Waals surface area contributed by atoms with E-state index >= 15 is 0 Å². The molecule has 12 rings (SSSR count). The highest BCUT2D eigenvalue weighted by Gasteiger charge is 2.52. The predicted molar refractivity (Wildman–Crippen MR) is 235 cm³/mol. The number of nitrogens with zero attached hydrogens (tertiary/aromatic N) is 4. The molecule has 0 atom stereocenters. The smallest absolute Gasteiger partial charge is 0.238 e. The SMILES string of the molecule is c1ccc(-c2nc(-c3ccccc3)nc(N3c4ccccc4C4(c5ccccc5-c5ccccc54)c4ccc(-c5ccc6c(c5)sc5ccccc56)cc43)n2)cc1. The first-order valence-corrected chi connectivity index (χ1v) is 20.1. The van der Waals surface area contributed by atoms with Crippen LogP contribution in [-0.4, -0.2) is 15.0 Å². The summed E-state index contributed by atoms with van der Waals surface area (Å²) in [6.45, 7) is 0. The molecular formula is C52H32N4S. The summed E-state index contributed by atoms with van der Waals surface area (Å²) in [5.41, 5.74) is 13.2. The molecule has 10 aromatic rings. The van der Waals surface area contributed by atoms with Gasteiger partial charge in [0.2, 0.25) is 5.95 Å². The summed E-state index contributed by atoms with van der Waals surface area (Å²) in [6.07, 6.45) is 0. The summed E-state index contributed by atoms with van der Waals surface area (Å²) < 4.78 is 2.58. The minimum Gasteiger partial charge on any atom is -0.278 e. The Morgan fingerprint density at radius 1 is 0.368 bits per heavy atom. The Labute approximate surface area is 334 Å². The van der Waals surface area contributed by atoms with Gasteiger partial charge in [0.15, 0.2) is 11.6 Å². The van der Waals surface area contributed by atoms with Gasteiger partial charge in [0, 0.05) is 31.3 Å². The van der Waals surface area contributed by atoms with Crippen molar-refractivity contribution in [2.24, 2.45) is 0 Å². The lowest BCUT2D eigenvalue weighted by Crippen LogP contribution is -2.36. The predicted octanol–water partition coefficient (Wildman–Crippen LogP) is 13.4. The van der Waals surface area contributed by atoms with Crippen molar-refractivity contribution >= 4 is 48.8 Å². The molecule has 1 aliphatic carbocycles. The number of hydrogen-bond donors (Lipinski definition) is 0. The summed E-state index contributed by atoms with van der Waals surface area (Å²) in [4.78, 5) is 18.0. The highest BCUT2D eigenvalue weighted by Crippen LogP contribution is 2.63. The zero-order valence-electron chi connectivity index (χ0n) is 30.7. The van der Waals surface area contributed by atoms with Crippen molar-refractivity contribution in [1.29, 1.82) is 0 Å². The third-order valence-corrected chi connectivity index (χ3v) is 12.9. The first kappa shape index (κ1) is 32.1. The first-order chi connectivity index (χ1) is 28.3. The van der Waals surface area contributed by atoms with Gasteiger partial charge >= 0.3 is 0 Å². The fraction of sp³-hybridized carbons (Fsp3) is 0.0192. The van der Waals surface area contributed by atoms with Crippen molar-refractivity contribution < 1.29 is 0 Å². The van der Waals surface area contributed by atoms with E-state index in [-0.39, 0.29) is 0 Å². The Kier molecular flexibility index (Phi) is 6.98. The number of anilines is 3. The van der Waals surface area contributed by atoms with E-state index in [0.29, 0.717) is 17.6 Å². The minimum atomic E-state index is -0.568. The van der Waals surface area contributed by atoms with E-state index in [1.807, 2.05) is 47.7 Å². The summed E-state index contributed by atoms with van der Waals surface area (Å²) in [5.74, 6) is 1.83. The van der Waals surface area contributed by atoms with Gasteiger partial charge in [-0.1, -0.05) is 170 Å². The normalized spacial score (nSPS) is 13.4. The monoisotopic (exact) mass is 744 g/mol. The molecule has 0 saturated carbocycles. The highest BCUT2D eigenvalue weighted by atomic mass is 32.1. The maximum absolute atomic E-state index is 5.33. The average Bonchev–Trinajstić information content (AvgIpc) is 3.80. The van der Waals surface area contributed by atoms with Gasteiger partial charge in [0.25, 0.3) is 0 Å². The van der Waals surface area contributed by atoms with Crippen LogP contribution < -0.4 is 4.90 Å². The third kappa shape index (κ3) is 4.70. The van der Waals surface area contributed by atoms with E-state index in [9.17, 15) is 0 Å². The van der Waals surface area contributed by atoms with Crippen LogP contribution in [0.5, 0.6) is 0 Å². The molecule has 0 bridgehead atoms. The average molecular weight is 745 g/mol. The minimum absolute atomic E-state index is 0.568. The van der Waals surface area contributed by atoms with Crippen LogP contribution in [0.4, 0.5) is 17.3 Å². The number of hydrogen-bond acceptors (Lipinski definition) is 5. The van der Waals surface area contributed by atoms with Crippen LogP contribution in [0.2, 0.25) is 0 Å². The molecule has 1 aliphatic heterocycles. The van der Waals surface area contributed by atoms with Crippen molar-refractivity contribution in [3.8, 4) is 45.0 Å². The molecule has 0 fully saturated rings. The number of thiophene rings is 1. The van der Waals surface area contributed by atoms with Crippen molar-refractivity contribution in [1.82, 2.24) is 15.0 Å². The quantitative estimate of drug-likeness (QED) is 0.180. The van der Waals surface area contributed by atoms with Gasteiger partial charge in [-0.25, -0.2) is 4.98 Å². The Balaban J connectivity index is 1.17. The van der Waals surface area contributed by atoms with E-state index in [4.69, 9.17) is 15.0 Å². The van der Waals surface area contributed by atoms with Crippen LogP contribution in [0.1, 0.15) is 22.3 Å². The van der Waals surface area contributed by atoms with Gasteiger partial charge < -0.3 is 0 Å². The van der Waals surface area contributed by atoms with Crippen LogP contribution in [-0.2, 0) is 5.41 Å². The van der Waals surface area contributed by atoms with Crippen molar-refractivity contribution in [3.05, 3.63) is 216 Å².